The number of amides is 1. The van der Waals surface area contributed by atoms with E-state index in [0.29, 0.717) is 19.3 Å². The third kappa shape index (κ3) is 35.6. The second-order valence-corrected chi connectivity index (χ2v) is 20.6. The van der Waals surface area contributed by atoms with Crippen molar-refractivity contribution in [2.75, 3.05) is 13.2 Å². The van der Waals surface area contributed by atoms with E-state index in [9.17, 15) is 38.6 Å². The summed E-state index contributed by atoms with van der Waals surface area (Å²) >= 11 is 0. The number of rotatable bonds is 46. The van der Waals surface area contributed by atoms with Crippen molar-refractivity contribution in [3.8, 4) is 0 Å². The molecule has 1 saturated heterocycles. The molecule has 0 aromatic carbocycles. The molecule has 15 heteroatoms. The number of aliphatic carboxylic acids is 1. The van der Waals surface area contributed by atoms with Gasteiger partial charge in [-0.3, -0.25) is 23.7 Å². The maximum atomic E-state index is 14.3. The zero-order chi connectivity index (χ0) is 49.4. The van der Waals surface area contributed by atoms with E-state index in [1.807, 2.05) is 0 Å². The Morgan fingerprint density at radius 2 is 1.00 bits per heavy atom. The number of esters is 2. The fraction of sp³-hybridized carbons (Fsp3) is 0.923. The van der Waals surface area contributed by atoms with E-state index in [0.717, 1.165) is 77.0 Å². The molecule has 0 spiro atoms. The number of hydrogen-bond acceptors (Lipinski definition) is 10. The predicted molar refractivity (Wildman–Crippen MR) is 264 cm³/mol. The molecule has 14 nitrogen and oxygen atoms in total. The first-order valence-corrected chi connectivity index (χ1v) is 28.7. The Morgan fingerprint density at radius 1 is 0.597 bits per heavy atom. The minimum Gasteiger partial charge on any atom is -0.481 e. The van der Waals surface area contributed by atoms with Gasteiger partial charge >= 0.3 is 25.7 Å². The molecule has 1 fully saturated rings. The van der Waals surface area contributed by atoms with E-state index in [4.69, 9.17) is 23.8 Å². The third-order valence-corrected chi connectivity index (χ3v) is 13.6. The van der Waals surface area contributed by atoms with E-state index < -0.39 is 87.5 Å². The Hall–Kier alpha value is -2.09. The number of carboxylic acid groups (broad SMARTS) is 1. The van der Waals surface area contributed by atoms with Gasteiger partial charge in [0.1, 0.15) is 18.8 Å². The van der Waals surface area contributed by atoms with Crippen molar-refractivity contribution in [1.29, 1.82) is 0 Å². The van der Waals surface area contributed by atoms with Crippen LogP contribution in [-0.2, 0) is 42.5 Å². The molecule has 1 aliphatic heterocycles. The highest BCUT2D eigenvalue weighted by Crippen LogP contribution is 2.42. The van der Waals surface area contributed by atoms with E-state index in [-0.39, 0.29) is 13.0 Å². The molecule has 0 saturated carbocycles. The van der Waals surface area contributed by atoms with Gasteiger partial charge in [0, 0.05) is 0 Å². The van der Waals surface area contributed by atoms with Crippen LogP contribution in [0.4, 0.5) is 0 Å². The zero-order valence-electron chi connectivity index (χ0n) is 42.5. The molecule has 0 bridgehead atoms. The van der Waals surface area contributed by atoms with Crippen LogP contribution in [0.5, 0.6) is 0 Å². The molecule has 394 valence electrons. The van der Waals surface area contributed by atoms with Gasteiger partial charge in [-0.05, 0) is 19.3 Å². The Bertz CT molecular complexity index is 1300. The number of hydrogen-bond donors (Lipinski definition) is 5. The molecule has 1 heterocycles. The highest BCUT2D eigenvalue weighted by molar-refractivity contribution is 7.46. The summed E-state index contributed by atoms with van der Waals surface area (Å²) in [4.78, 5) is 71.4. The van der Waals surface area contributed by atoms with Crippen LogP contribution in [-0.4, -0.2) is 87.5 Å². The van der Waals surface area contributed by atoms with E-state index in [1.165, 1.54) is 122 Å². The molecule has 1 amide bonds. The van der Waals surface area contributed by atoms with Crippen LogP contribution < -0.4 is 5.32 Å². The van der Waals surface area contributed by atoms with Crippen LogP contribution in [0.2, 0.25) is 0 Å². The van der Waals surface area contributed by atoms with Crippen LogP contribution >= 0.6 is 7.82 Å². The summed E-state index contributed by atoms with van der Waals surface area (Å²) in [5.41, 5.74) is 0. The summed E-state index contributed by atoms with van der Waals surface area (Å²) in [6.45, 7) is 5.79. The second kappa shape index (κ2) is 41.7. The van der Waals surface area contributed by atoms with Gasteiger partial charge in [0.25, 0.3) is 0 Å². The monoisotopic (exact) mass is 976 g/mol. The van der Waals surface area contributed by atoms with Crippen LogP contribution in [0.1, 0.15) is 258 Å². The lowest BCUT2D eigenvalue weighted by atomic mass is 9.93. The Kier molecular flexibility index (Phi) is 39.1. The summed E-state index contributed by atoms with van der Waals surface area (Å²) in [5.74, 6) is -3.69. The molecule has 0 aromatic heterocycles. The van der Waals surface area contributed by atoms with Crippen molar-refractivity contribution in [1.82, 2.24) is 5.32 Å². The molecule has 1 aliphatic rings. The summed E-state index contributed by atoms with van der Waals surface area (Å²) < 4.78 is 35.0. The zero-order valence-corrected chi connectivity index (χ0v) is 43.3. The molecule has 1 rings (SSSR count). The average molecular weight is 976 g/mol. The SMILES string of the molecule is CCCCCCCCCCCCCCC(CCCCCCCCCCCC)C(=O)O[C@H]1[C@H](OP(=O)(O)O)[C@@H](COC(=O)CCC(=O)O)OC[C@@H]1NC(=O)C[C@H](O)CCCCCCCCCCC. The molecule has 0 aromatic rings. The van der Waals surface area contributed by atoms with Crippen molar-refractivity contribution in [2.24, 2.45) is 5.92 Å². The number of phosphoric ester groups is 1. The molecule has 6 atom stereocenters. The molecular weight excluding hydrogens is 878 g/mol. The summed E-state index contributed by atoms with van der Waals surface area (Å²) in [7, 11) is -5.29. The fourth-order valence-corrected chi connectivity index (χ4v) is 9.58. The van der Waals surface area contributed by atoms with Crippen molar-refractivity contribution < 1.29 is 62.5 Å². The van der Waals surface area contributed by atoms with Gasteiger partial charge in [-0.2, -0.15) is 0 Å². The first-order valence-electron chi connectivity index (χ1n) is 27.2. The van der Waals surface area contributed by atoms with E-state index in [2.05, 4.69) is 26.1 Å². The average Bonchev–Trinajstić information content (AvgIpc) is 3.28. The quantitative estimate of drug-likeness (QED) is 0.0218. The van der Waals surface area contributed by atoms with Crippen molar-refractivity contribution >= 4 is 31.6 Å². The van der Waals surface area contributed by atoms with E-state index >= 15 is 0 Å². The fourth-order valence-electron chi connectivity index (χ4n) is 9.01. The van der Waals surface area contributed by atoms with Gasteiger partial charge in [0.15, 0.2) is 6.10 Å². The van der Waals surface area contributed by atoms with Crippen LogP contribution in [0.3, 0.4) is 0 Å². The van der Waals surface area contributed by atoms with Gasteiger partial charge in [0.2, 0.25) is 5.91 Å². The normalized spacial score (nSPS) is 18.4. The number of unbranched alkanes of at least 4 members (excludes halogenated alkanes) is 28. The van der Waals surface area contributed by atoms with Crippen molar-refractivity contribution in [3.63, 3.8) is 0 Å². The maximum absolute atomic E-state index is 14.3. The highest BCUT2D eigenvalue weighted by Gasteiger charge is 2.48. The van der Waals surface area contributed by atoms with Gasteiger partial charge in [-0.1, -0.05) is 220 Å². The molecule has 0 radical (unpaired) electrons. The summed E-state index contributed by atoms with van der Waals surface area (Å²) in [6.07, 6.45) is 30.7. The Balaban J connectivity index is 3.12. The number of phosphoric acid groups is 1. The maximum Gasteiger partial charge on any atom is 0.470 e. The smallest absolute Gasteiger partial charge is 0.470 e. The minimum atomic E-state index is -5.29. The first-order chi connectivity index (χ1) is 32.3. The molecular formula is C52H98NO13P. The molecule has 1 unspecified atom stereocenters. The topological polar surface area (TPSA) is 215 Å². The first kappa shape index (κ1) is 62.9. The van der Waals surface area contributed by atoms with Crippen LogP contribution in [0.15, 0.2) is 0 Å². The lowest BCUT2D eigenvalue weighted by Crippen LogP contribution is -2.62. The predicted octanol–water partition coefficient (Wildman–Crippen LogP) is 12.4. The van der Waals surface area contributed by atoms with Gasteiger partial charge in [-0.25, -0.2) is 4.57 Å². The lowest BCUT2D eigenvalue weighted by Gasteiger charge is -2.42. The number of ether oxygens (including phenoxy) is 3. The van der Waals surface area contributed by atoms with Gasteiger partial charge in [-0.15, -0.1) is 0 Å². The summed E-state index contributed by atoms with van der Waals surface area (Å²) in [6, 6.07) is -1.11. The van der Waals surface area contributed by atoms with Crippen LogP contribution in [0.25, 0.3) is 0 Å². The Morgan fingerprint density at radius 3 is 1.40 bits per heavy atom. The standard InChI is InChI=1S/C52H98NO13P/c1-4-7-10-13-16-19-21-22-25-27-30-33-36-43(35-32-29-26-24-20-17-14-11-8-5-2)52(59)65-50-45(53-47(55)40-44(54)37-34-31-28-23-18-15-12-9-6-3)41-63-46(51(50)66-67(60,61)62)42-64-49(58)39-38-48(56)57/h43-46,50-51,54H,4-42H2,1-3H3,(H,53,55)(H,56,57)(H2,60,61,62)/t43?,44-,45+,46-,50-,51-/m1/s1. The third-order valence-electron chi connectivity index (χ3n) is 13.1. The number of carboxylic acids is 1. The van der Waals surface area contributed by atoms with Crippen molar-refractivity contribution in [2.45, 2.75) is 289 Å². The molecule has 67 heavy (non-hydrogen) atoms. The van der Waals surface area contributed by atoms with E-state index in [1.54, 1.807) is 0 Å². The summed E-state index contributed by atoms with van der Waals surface area (Å²) in [5, 5.41) is 22.6. The van der Waals surface area contributed by atoms with Crippen molar-refractivity contribution in [3.05, 3.63) is 0 Å². The number of aliphatic hydroxyl groups is 1. The second-order valence-electron chi connectivity index (χ2n) is 19.4. The van der Waals surface area contributed by atoms with Gasteiger partial charge < -0.3 is 39.5 Å². The highest BCUT2D eigenvalue weighted by atomic mass is 31.2. The van der Waals surface area contributed by atoms with Gasteiger partial charge in [0.05, 0.1) is 43.9 Å². The minimum absolute atomic E-state index is 0.233. The lowest BCUT2D eigenvalue weighted by molar-refractivity contribution is -0.196. The number of aliphatic hydroxyl groups excluding tert-OH is 1. The number of nitrogens with one attached hydrogen (secondary N) is 1. The number of carbonyl (C=O) groups is 4. The Labute approximate surface area is 406 Å². The number of carbonyl (C=O) groups excluding carboxylic acids is 3. The molecule has 5 N–H and O–H groups in total. The largest absolute Gasteiger partial charge is 0.481 e. The van der Waals surface area contributed by atoms with Crippen LogP contribution in [0, 0.1) is 5.92 Å². The molecule has 0 aliphatic carbocycles.